The number of carbonyl (C=O) groups is 2. The lowest BCUT2D eigenvalue weighted by Gasteiger charge is -2.46. The Morgan fingerprint density at radius 1 is 1.00 bits per heavy atom. The van der Waals surface area contributed by atoms with Crippen LogP contribution in [0.2, 0.25) is 5.02 Å². The van der Waals surface area contributed by atoms with E-state index in [0.717, 1.165) is 46.3 Å². The Morgan fingerprint density at radius 2 is 1.69 bits per heavy atom. The van der Waals surface area contributed by atoms with Gasteiger partial charge in [0, 0.05) is 33.5 Å². The number of carbonyl (C=O) groups excluding carboxylic acids is 2. The minimum atomic E-state index is -4.89. The zero-order valence-electron chi connectivity index (χ0n) is 23.1. The van der Waals surface area contributed by atoms with Crippen molar-refractivity contribution >= 4 is 35.2 Å². The molecule has 3 heterocycles. The molecule has 2 aliphatic heterocycles. The first-order valence-electron chi connectivity index (χ1n) is 13.4. The van der Waals surface area contributed by atoms with Crippen LogP contribution in [0.25, 0.3) is 0 Å². The SMILES string of the molecule is C[C@@H](N1CN([C@@H]2c3ccccc3SCc3cccc(Cl)c32)n2ccc(=O)c(OC(=O)c3c(F)cccc3F)c2C1=O)C(F)(F)F. The normalized spacial score (nSPS) is 16.8. The zero-order chi connectivity index (χ0) is 32.2. The van der Waals surface area contributed by atoms with Gasteiger partial charge in [-0.1, -0.05) is 48.0 Å². The molecule has 0 radical (unpaired) electrons. The molecule has 7 nitrogen and oxygen atoms in total. The van der Waals surface area contributed by atoms with Gasteiger partial charge in [0.2, 0.25) is 11.2 Å². The highest BCUT2D eigenvalue weighted by Gasteiger charge is 2.48. The lowest BCUT2D eigenvalue weighted by Crippen LogP contribution is -2.60. The van der Waals surface area contributed by atoms with Crippen LogP contribution in [-0.4, -0.2) is 40.3 Å². The lowest BCUT2D eigenvalue weighted by atomic mass is 9.94. The molecule has 2 atom stereocenters. The predicted molar refractivity (Wildman–Crippen MR) is 156 cm³/mol. The summed E-state index contributed by atoms with van der Waals surface area (Å²) in [6, 6.07) is 12.7. The van der Waals surface area contributed by atoms with Crippen molar-refractivity contribution in [2.75, 3.05) is 11.7 Å². The van der Waals surface area contributed by atoms with Gasteiger partial charge in [0.15, 0.2) is 5.69 Å². The number of thioether (sulfide) groups is 1. The Morgan fingerprint density at radius 3 is 2.40 bits per heavy atom. The zero-order valence-corrected chi connectivity index (χ0v) is 24.7. The molecule has 0 aliphatic carbocycles. The van der Waals surface area contributed by atoms with E-state index in [4.69, 9.17) is 16.3 Å². The van der Waals surface area contributed by atoms with Crippen LogP contribution in [0.5, 0.6) is 5.75 Å². The first-order valence-corrected chi connectivity index (χ1v) is 14.8. The molecule has 3 aromatic carbocycles. The smallest absolute Gasteiger partial charge is 0.408 e. The molecule has 0 bridgehead atoms. The lowest BCUT2D eigenvalue weighted by molar-refractivity contribution is -0.173. The van der Waals surface area contributed by atoms with Crippen LogP contribution in [0.3, 0.4) is 0 Å². The van der Waals surface area contributed by atoms with E-state index < -0.39 is 70.9 Å². The van der Waals surface area contributed by atoms with Crippen molar-refractivity contribution in [3.8, 4) is 5.75 Å². The molecule has 1 aromatic heterocycles. The number of hydrogen-bond donors (Lipinski definition) is 0. The summed E-state index contributed by atoms with van der Waals surface area (Å²) in [6.07, 6.45) is -3.72. The third-order valence-electron chi connectivity index (χ3n) is 7.69. The Hall–Kier alpha value is -4.36. The van der Waals surface area contributed by atoms with Crippen molar-refractivity contribution in [2.24, 2.45) is 0 Å². The van der Waals surface area contributed by atoms with Crippen molar-refractivity contribution in [1.82, 2.24) is 9.58 Å². The van der Waals surface area contributed by atoms with Gasteiger partial charge in [-0.25, -0.2) is 13.6 Å². The van der Waals surface area contributed by atoms with E-state index >= 15 is 0 Å². The van der Waals surface area contributed by atoms with Crippen LogP contribution in [0, 0.1) is 11.6 Å². The van der Waals surface area contributed by atoms with E-state index in [2.05, 4.69) is 0 Å². The summed E-state index contributed by atoms with van der Waals surface area (Å²) in [6.45, 7) is 0.157. The van der Waals surface area contributed by atoms with Crippen LogP contribution < -0.4 is 15.2 Å². The molecule has 0 unspecified atom stereocenters. The minimum Gasteiger partial charge on any atom is -0.416 e. The Balaban J connectivity index is 1.60. The maximum absolute atomic E-state index is 14.4. The minimum absolute atomic E-state index is 0.311. The van der Waals surface area contributed by atoms with Crippen LogP contribution in [0.15, 0.2) is 82.6 Å². The highest BCUT2D eigenvalue weighted by Crippen LogP contribution is 2.45. The van der Waals surface area contributed by atoms with Crippen LogP contribution in [0.4, 0.5) is 22.0 Å². The number of pyridine rings is 1. The van der Waals surface area contributed by atoms with E-state index in [0.29, 0.717) is 26.8 Å². The van der Waals surface area contributed by atoms with Gasteiger partial charge < -0.3 is 9.64 Å². The number of esters is 1. The summed E-state index contributed by atoms with van der Waals surface area (Å²) in [4.78, 5) is 41.3. The number of rotatable bonds is 4. The third kappa shape index (κ3) is 5.33. The number of halogens is 6. The van der Waals surface area contributed by atoms with Crippen molar-refractivity contribution in [1.29, 1.82) is 0 Å². The molecular weight excluding hydrogens is 641 g/mol. The highest BCUT2D eigenvalue weighted by atomic mass is 35.5. The molecule has 232 valence electrons. The van der Waals surface area contributed by atoms with E-state index in [-0.39, 0.29) is 0 Å². The third-order valence-corrected chi connectivity index (χ3v) is 9.15. The molecule has 14 heteroatoms. The number of hydrogen-bond acceptors (Lipinski definition) is 6. The fourth-order valence-corrected chi connectivity index (χ4v) is 6.81. The summed E-state index contributed by atoms with van der Waals surface area (Å²) in [5.41, 5.74) is -0.961. The van der Waals surface area contributed by atoms with E-state index in [1.807, 2.05) is 18.2 Å². The average molecular weight is 662 g/mol. The van der Waals surface area contributed by atoms with Crippen molar-refractivity contribution < 1.29 is 36.3 Å². The van der Waals surface area contributed by atoms with Crippen LogP contribution in [-0.2, 0) is 5.75 Å². The molecular formula is C31H21ClF5N3O4S. The number of nitrogens with zero attached hydrogens (tertiary/aromatic N) is 3. The first-order chi connectivity index (χ1) is 21.4. The second kappa shape index (κ2) is 11.5. The number of aromatic nitrogens is 1. The monoisotopic (exact) mass is 661 g/mol. The van der Waals surface area contributed by atoms with Crippen LogP contribution in [0.1, 0.15) is 50.5 Å². The molecule has 6 rings (SSSR count). The quantitative estimate of drug-likeness (QED) is 0.179. The maximum atomic E-state index is 14.4. The number of alkyl halides is 3. The number of benzene rings is 3. The molecule has 0 saturated heterocycles. The van der Waals surface area contributed by atoms with E-state index in [9.17, 15) is 36.3 Å². The molecule has 4 aromatic rings. The Bertz CT molecular complexity index is 1900. The maximum Gasteiger partial charge on any atom is 0.408 e. The van der Waals surface area contributed by atoms with Crippen molar-refractivity contribution in [3.63, 3.8) is 0 Å². The van der Waals surface area contributed by atoms with Gasteiger partial charge in [0.1, 0.15) is 36.0 Å². The summed E-state index contributed by atoms with van der Waals surface area (Å²) >= 11 is 8.24. The largest absolute Gasteiger partial charge is 0.416 e. The molecule has 0 N–H and O–H groups in total. The average Bonchev–Trinajstić information content (AvgIpc) is 3.16. The van der Waals surface area contributed by atoms with Crippen molar-refractivity contribution in [2.45, 2.75) is 35.8 Å². The topological polar surface area (TPSA) is 71.8 Å². The molecule has 0 saturated carbocycles. The van der Waals surface area contributed by atoms with Crippen molar-refractivity contribution in [3.05, 3.63) is 128 Å². The fourth-order valence-electron chi connectivity index (χ4n) is 5.43. The van der Waals surface area contributed by atoms with Gasteiger partial charge in [-0.2, -0.15) is 13.2 Å². The summed E-state index contributed by atoms with van der Waals surface area (Å²) in [7, 11) is 0. The molecule has 2 aliphatic rings. The second-order valence-corrected chi connectivity index (χ2v) is 11.7. The van der Waals surface area contributed by atoms with E-state index in [1.165, 1.54) is 23.0 Å². The number of ether oxygens (including phenoxy) is 1. The van der Waals surface area contributed by atoms with Gasteiger partial charge in [-0.3, -0.25) is 19.3 Å². The first kappa shape index (κ1) is 30.7. The Labute approximate surface area is 261 Å². The van der Waals surface area contributed by atoms with Gasteiger partial charge >= 0.3 is 12.1 Å². The summed E-state index contributed by atoms with van der Waals surface area (Å²) in [5, 5.41) is 1.72. The van der Waals surface area contributed by atoms with Crippen LogP contribution >= 0.6 is 23.4 Å². The standard InChI is InChI=1S/C31H21ClF5N3O4S/c1-16(31(35,36)37)38-15-40(26-18-7-2-3-11-23(18)45-14-17-6-4-8-19(32)24(17)26)39-13-12-22(41)28(27(39)29(38)42)44-30(43)25-20(33)9-5-10-21(25)34/h2-13,16,26H,14-15H2,1H3/t16-,26-/m1/s1. The molecule has 45 heavy (non-hydrogen) atoms. The van der Waals surface area contributed by atoms with E-state index in [1.54, 1.807) is 24.3 Å². The second-order valence-electron chi connectivity index (χ2n) is 10.3. The van der Waals surface area contributed by atoms with Gasteiger partial charge in [0.05, 0.1) is 0 Å². The summed E-state index contributed by atoms with van der Waals surface area (Å²) in [5.74, 6) is -6.06. The molecule has 0 spiro atoms. The fraction of sp³-hybridized carbons (Fsp3) is 0.194. The number of fused-ring (bicyclic) bond motifs is 3. The number of amides is 1. The Kier molecular flexibility index (Phi) is 7.86. The van der Waals surface area contributed by atoms with Gasteiger partial charge in [-0.15, -0.1) is 11.8 Å². The molecule has 0 fully saturated rings. The van der Waals surface area contributed by atoms with Gasteiger partial charge in [-0.05, 0) is 42.3 Å². The summed E-state index contributed by atoms with van der Waals surface area (Å²) < 4.78 is 77.7. The van der Waals surface area contributed by atoms with Gasteiger partial charge in [0.25, 0.3) is 5.91 Å². The highest BCUT2D eigenvalue weighted by molar-refractivity contribution is 7.98. The predicted octanol–water partition coefficient (Wildman–Crippen LogP) is 6.70. The molecule has 1 amide bonds.